The number of anilines is 2. The number of rotatable bonds is 5. The fourth-order valence-electron chi connectivity index (χ4n) is 2.24. The van der Waals surface area contributed by atoms with E-state index in [9.17, 15) is 9.59 Å². The Bertz CT molecular complexity index is 941. The van der Waals surface area contributed by atoms with Gasteiger partial charge in [-0.1, -0.05) is 44.1 Å². The molecule has 3 rings (SSSR count). The van der Waals surface area contributed by atoms with Crippen LogP contribution in [0.15, 0.2) is 46.3 Å². The minimum absolute atomic E-state index is 0.0727. The topological polar surface area (TPSA) is 97.1 Å². The van der Waals surface area contributed by atoms with Gasteiger partial charge < -0.3 is 4.52 Å². The van der Waals surface area contributed by atoms with Crippen molar-refractivity contribution in [3.63, 3.8) is 0 Å². The van der Waals surface area contributed by atoms with E-state index in [1.807, 2.05) is 26.8 Å². The Hall–Kier alpha value is -3.00. The fourth-order valence-corrected chi connectivity index (χ4v) is 2.94. The lowest BCUT2D eigenvalue weighted by atomic mass is 9.92. The van der Waals surface area contributed by atoms with Crippen molar-refractivity contribution < 1.29 is 14.1 Å². The van der Waals surface area contributed by atoms with Gasteiger partial charge in [0.05, 0.1) is 17.8 Å². The van der Waals surface area contributed by atoms with Gasteiger partial charge in [-0.2, -0.15) is 0 Å². The summed E-state index contributed by atoms with van der Waals surface area (Å²) in [7, 11) is 0. The second kappa shape index (κ2) is 7.71. The lowest BCUT2D eigenvalue weighted by Crippen LogP contribution is -2.15. The number of nitrogens with one attached hydrogen (secondary N) is 2. The highest BCUT2D eigenvalue weighted by molar-refractivity contribution is 7.14. The molecule has 0 bridgehead atoms. The third-order valence-electron chi connectivity index (χ3n) is 3.69. The molecule has 0 aliphatic heterocycles. The number of aromatic nitrogens is 2. The second-order valence-electron chi connectivity index (χ2n) is 7.02. The first-order valence-electron chi connectivity index (χ1n) is 8.39. The summed E-state index contributed by atoms with van der Waals surface area (Å²) >= 11 is 1.27. The highest BCUT2D eigenvalue weighted by atomic mass is 32.1. The van der Waals surface area contributed by atoms with E-state index in [1.54, 1.807) is 35.7 Å². The molecule has 0 unspecified atom stereocenters. The van der Waals surface area contributed by atoms with Crippen LogP contribution in [0, 0.1) is 0 Å². The first-order chi connectivity index (χ1) is 12.8. The van der Waals surface area contributed by atoms with Crippen molar-refractivity contribution in [2.45, 2.75) is 32.6 Å². The van der Waals surface area contributed by atoms with Gasteiger partial charge in [0.15, 0.2) is 5.13 Å². The molecule has 0 saturated heterocycles. The van der Waals surface area contributed by atoms with Crippen molar-refractivity contribution in [3.05, 3.63) is 58.7 Å². The first-order valence-corrected chi connectivity index (χ1v) is 9.27. The molecule has 0 saturated carbocycles. The molecule has 2 heterocycles. The summed E-state index contributed by atoms with van der Waals surface area (Å²) in [5.41, 5.74) is 1.72. The number of amides is 2. The van der Waals surface area contributed by atoms with E-state index in [0.29, 0.717) is 22.3 Å². The summed E-state index contributed by atoms with van der Waals surface area (Å²) in [5.74, 6) is -0.201. The maximum absolute atomic E-state index is 12.2. The highest BCUT2D eigenvalue weighted by Gasteiger charge is 2.20. The zero-order chi connectivity index (χ0) is 19.4. The molecule has 3 aromatic rings. The zero-order valence-electron chi connectivity index (χ0n) is 15.3. The zero-order valence-corrected chi connectivity index (χ0v) is 16.1. The van der Waals surface area contributed by atoms with Crippen molar-refractivity contribution in [1.29, 1.82) is 0 Å². The molecule has 1 aromatic carbocycles. The minimum atomic E-state index is -0.266. The van der Waals surface area contributed by atoms with E-state index in [0.717, 1.165) is 5.69 Å². The Kier molecular flexibility index (Phi) is 5.36. The number of nitrogens with zero attached hydrogens (tertiary/aromatic N) is 2. The van der Waals surface area contributed by atoms with Crippen molar-refractivity contribution in [2.24, 2.45) is 0 Å². The molecule has 140 valence electrons. The lowest BCUT2D eigenvalue weighted by molar-refractivity contribution is -0.115. The van der Waals surface area contributed by atoms with Gasteiger partial charge >= 0.3 is 0 Å². The number of carbonyl (C=O) groups excluding carboxylic acids is 2. The van der Waals surface area contributed by atoms with Crippen LogP contribution in [-0.2, 0) is 16.6 Å². The Balaban J connectivity index is 1.56. The molecule has 27 heavy (non-hydrogen) atoms. The van der Waals surface area contributed by atoms with E-state index in [2.05, 4.69) is 20.8 Å². The monoisotopic (exact) mass is 384 g/mol. The van der Waals surface area contributed by atoms with Crippen LogP contribution in [0.4, 0.5) is 11.0 Å². The highest BCUT2D eigenvalue weighted by Crippen LogP contribution is 2.24. The van der Waals surface area contributed by atoms with E-state index in [1.165, 1.54) is 11.3 Å². The van der Waals surface area contributed by atoms with Gasteiger partial charge in [0.2, 0.25) is 11.8 Å². The summed E-state index contributed by atoms with van der Waals surface area (Å²) in [6.45, 7) is 6.03. The van der Waals surface area contributed by atoms with Crippen LogP contribution in [0.25, 0.3) is 0 Å². The van der Waals surface area contributed by atoms with Gasteiger partial charge in [-0.25, -0.2) is 4.98 Å². The largest absolute Gasteiger partial charge is 0.338 e. The number of hydrogen-bond acceptors (Lipinski definition) is 6. The van der Waals surface area contributed by atoms with Crippen LogP contribution in [-0.4, -0.2) is 22.0 Å². The van der Waals surface area contributed by atoms with E-state index in [-0.39, 0.29) is 23.7 Å². The fraction of sp³-hybridized carbons (Fsp3) is 0.263. The van der Waals surface area contributed by atoms with Gasteiger partial charge in [0.1, 0.15) is 0 Å². The maximum Gasteiger partial charge on any atom is 0.257 e. The number of benzene rings is 1. The van der Waals surface area contributed by atoms with Gasteiger partial charge in [-0.3, -0.25) is 20.2 Å². The quantitative estimate of drug-likeness (QED) is 0.696. The van der Waals surface area contributed by atoms with Crippen LogP contribution in [0.2, 0.25) is 0 Å². The van der Waals surface area contributed by atoms with Gasteiger partial charge in [-0.15, -0.1) is 11.3 Å². The summed E-state index contributed by atoms with van der Waals surface area (Å²) in [6, 6.07) is 10.6. The van der Waals surface area contributed by atoms with Gasteiger partial charge in [-0.05, 0) is 12.1 Å². The third kappa shape index (κ3) is 5.01. The molecule has 2 N–H and O–H groups in total. The minimum Gasteiger partial charge on any atom is -0.338 e. The van der Waals surface area contributed by atoms with E-state index < -0.39 is 0 Å². The smallest absolute Gasteiger partial charge is 0.257 e. The average Bonchev–Trinajstić information content (AvgIpc) is 3.25. The van der Waals surface area contributed by atoms with Gasteiger partial charge in [0.25, 0.3) is 5.91 Å². The van der Waals surface area contributed by atoms with E-state index in [4.69, 9.17) is 4.52 Å². The third-order valence-corrected chi connectivity index (χ3v) is 4.50. The van der Waals surface area contributed by atoms with Crippen LogP contribution in [0.1, 0.15) is 42.5 Å². The molecule has 0 aliphatic rings. The van der Waals surface area contributed by atoms with Crippen molar-refractivity contribution in [1.82, 2.24) is 10.1 Å². The Morgan fingerprint density at radius 3 is 2.56 bits per heavy atom. The summed E-state index contributed by atoms with van der Waals surface area (Å²) in [4.78, 5) is 28.6. The van der Waals surface area contributed by atoms with Crippen molar-refractivity contribution >= 4 is 34.2 Å². The van der Waals surface area contributed by atoms with Crippen LogP contribution in [0.3, 0.4) is 0 Å². The number of thiazole rings is 1. The molecule has 0 radical (unpaired) electrons. The van der Waals surface area contributed by atoms with Crippen LogP contribution >= 0.6 is 11.3 Å². The molecular formula is C19H20N4O3S. The predicted molar refractivity (Wildman–Crippen MR) is 104 cm³/mol. The molecule has 7 nitrogen and oxygen atoms in total. The maximum atomic E-state index is 12.2. The molecule has 0 atom stereocenters. The van der Waals surface area contributed by atoms with Crippen molar-refractivity contribution in [2.75, 3.05) is 10.6 Å². The Morgan fingerprint density at radius 1 is 1.15 bits per heavy atom. The summed E-state index contributed by atoms with van der Waals surface area (Å²) < 4.78 is 5.15. The lowest BCUT2D eigenvalue weighted by Gasteiger charge is -2.12. The molecular weight excluding hydrogens is 364 g/mol. The second-order valence-corrected chi connectivity index (χ2v) is 7.87. The van der Waals surface area contributed by atoms with Crippen molar-refractivity contribution in [3.8, 4) is 0 Å². The summed E-state index contributed by atoms with van der Waals surface area (Å²) in [5, 5.41) is 11.5. The molecule has 0 spiro atoms. The normalized spacial score (nSPS) is 11.2. The predicted octanol–water partition coefficient (Wildman–Crippen LogP) is 3.86. The Labute approximate surface area is 160 Å². The van der Waals surface area contributed by atoms with Crippen LogP contribution < -0.4 is 10.6 Å². The average molecular weight is 384 g/mol. The molecule has 0 aliphatic carbocycles. The Morgan fingerprint density at radius 2 is 1.89 bits per heavy atom. The SMILES string of the molecule is CC(C)(C)c1cc(NC(=O)Cc2csc(NC(=O)c3ccccc3)n2)on1. The number of carbonyl (C=O) groups is 2. The standard InChI is InChI=1S/C19H20N4O3S/c1-19(2,3)14-10-16(26-23-14)21-15(24)9-13-11-27-18(20-13)22-17(25)12-7-5-4-6-8-12/h4-8,10-11H,9H2,1-3H3,(H,21,24)(H,20,22,25). The van der Waals surface area contributed by atoms with Crippen LogP contribution in [0.5, 0.6) is 0 Å². The molecule has 8 heteroatoms. The molecule has 0 fully saturated rings. The van der Waals surface area contributed by atoms with Gasteiger partial charge in [0, 0.05) is 22.4 Å². The molecule has 2 aromatic heterocycles. The van der Waals surface area contributed by atoms with E-state index >= 15 is 0 Å². The number of hydrogen-bond donors (Lipinski definition) is 2. The summed E-state index contributed by atoms with van der Waals surface area (Å²) in [6.07, 6.45) is 0.0727. The molecule has 2 amide bonds. The first kappa shape index (κ1) is 18.8.